The van der Waals surface area contributed by atoms with Crippen LogP contribution in [0.15, 0.2) is 48.7 Å². The van der Waals surface area contributed by atoms with Gasteiger partial charge in [0, 0.05) is 37.1 Å². The molecule has 1 aromatic carbocycles. The Bertz CT molecular complexity index is 978. The molecule has 4 aliphatic rings. The van der Waals surface area contributed by atoms with Crippen LogP contribution >= 0.6 is 0 Å². The van der Waals surface area contributed by atoms with E-state index in [0.29, 0.717) is 5.92 Å². The Kier molecular flexibility index (Phi) is 7.26. The number of hydrogen-bond donors (Lipinski definition) is 0. The highest BCUT2D eigenvalue weighted by atomic mass is 16.5. The molecule has 1 aromatic heterocycles. The van der Waals surface area contributed by atoms with E-state index >= 15 is 0 Å². The molecule has 0 unspecified atom stereocenters. The molecule has 4 aliphatic heterocycles. The normalized spacial score (nSPS) is 28.4. The van der Waals surface area contributed by atoms with E-state index in [0.717, 1.165) is 67.6 Å². The molecular weight excluding hydrogens is 434 g/mol. The van der Waals surface area contributed by atoms with Gasteiger partial charge in [0.2, 0.25) is 0 Å². The van der Waals surface area contributed by atoms with E-state index in [4.69, 9.17) is 4.74 Å². The standard InChI is InChI=1S/C30H42N3O2/c1-24-13-14-25(22-31-24)10-9-19-33-20-15-26(16-21-33)28(23-33)35-29(34)30(2,27-11-5-3-6-12-27)32-17-7-4-8-18-32/h3,5-6,11-14,22,26,28H,4,7-10,15-21,23H2,1-2H3/q+1/t26?,28-,30-,33?/m0/s1. The summed E-state index contributed by atoms with van der Waals surface area (Å²) in [5.41, 5.74) is 2.75. The van der Waals surface area contributed by atoms with Crippen LogP contribution in [0.2, 0.25) is 0 Å². The Labute approximate surface area is 211 Å². The number of carbonyl (C=O) groups is 1. The van der Waals surface area contributed by atoms with Crippen LogP contribution in [-0.4, -0.2) is 65.7 Å². The number of ether oxygens (including phenoxy) is 1. The fourth-order valence-corrected chi connectivity index (χ4v) is 6.72. The van der Waals surface area contributed by atoms with Gasteiger partial charge in [0.15, 0.2) is 6.10 Å². The number of fused-ring (bicyclic) bond motifs is 3. The average Bonchev–Trinajstić information content (AvgIpc) is 2.91. The van der Waals surface area contributed by atoms with Gasteiger partial charge >= 0.3 is 5.97 Å². The summed E-state index contributed by atoms with van der Waals surface area (Å²) in [4.78, 5) is 20.8. The summed E-state index contributed by atoms with van der Waals surface area (Å²) in [5.74, 6) is 0.467. The van der Waals surface area contributed by atoms with Crippen LogP contribution in [0.1, 0.15) is 62.3 Å². The number of nitrogens with zero attached hydrogens (tertiary/aromatic N) is 3. The number of aromatic nitrogens is 1. The van der Waals surface area contributed by atoms with Gasteiger partial charge in [-0.15, -0.1) is 0 Å². The van der Waals surface area contributed by atoms with Crippen LogP contribution in [0.4, 0.5) is 0 Å². The smallest absolute Gasteiger partial charge is 0.331 e. The summed E-state index contributed by atoms with van der Waals surface area (Å²) in [6, 6.07) is 14.6. The second-order valence-corrected chi connectivity index (χ2v) is 11.4. The van der Waals surface area contributed by atoms with E-state index in [1.807, 2.05) is 31.3 Å². The minimum atomic E-state index is -0.711. The maximum absolute atomic E-state index is 14.0. The molecule has 0 amide bonds. The Morgan fingerprint density at radius 1 is 1.09 bits per heavy atom. The molecule has 0 aliphatic carbocycles. The largest absolute Gasteiger partial charge is 0.454 e. The number of benzene rings is 1. The second kappa shape index (κ2) is 10.4. The first kappa shape index (κ1) is 24.5. The van der Waals surface area contributed by atoms with Crippen LogP contribution in [0.25, 0.3) is 0 Å². The number of rotatable bonds is 8. The first-order chi connectivity index (χ1) is 17.0. The van der Waals surface area contributed by atoms with Crippen molar-refractivity contribution >= 4 is 5.97 Å². The van der Waals surface area contributed by atoms with Crippen molar-refractivity contribution in [2.45, 2.75) is 70.4 Å². The third-order valence-electron chi connectivity index (χ3n) is 9.09. The molecule has 5 heteroatoms. The molecule has 5 heterocycles. The zero-order chi connectivity index (χ0) is 24.3. The number of esters is 1. The second-order valence-electron chi connectivity index (χ2n) is 11.4. The number of carbonyl (C=O) groups excluding carboxylic acids is 1. The van der Waals surface area contributed by atoms with Crippen molar-refractivity contribution < 1.29 is 14.0 Å². The molecule has 2 atom stereocenters. The average molecular weight is 477 g/mol. The summed E-state index contributed by atoms with van der Waals surface area (Å²) in [7, 11) is 0. The predicted molar refractivity (Wildman–Crippen MR) is 139 cm³/mol. The van der Waals surface area contributed by atoms with Gasteiger partial charge in [-0.05, 0) is 63.4 Å². The van der Waals surface area contributed by atoms with Crippen LogP contribution in [-0.2, 0) is 21.5 Å². The van der Waals surface area contributed by atoms with E-state index in [-0.39, 0.29) is 12.1 Å². The summed E-state index contributed by atoms with van der Waals surface area (Å²) >= 11 is 0. The van der Waals surface area contributed by atoms with Crippen LogP contribution < -0.4 is 0 Å². The lowest BCUT2D eigenvalue weighted by molar-refractivity contribution is -0.946. The molecule has 0 spiro atoms. The number of hydrogen-bond acceptors (Lipinski definition) is 4. The Morgan fingerprint density at radius 3 is 2.51 bits per heavy atom. The van der Waals surface area contributed by atoms with E-state index in [9.17, 15) is 4.79 Å². The summed E-state index contributed by atoms with van der Waals surface area (Å²) in [5, 5.41) is 0. The zero-order valence-corrected chi connectivity index (χ0v) is 21.6. The first-order valence-electron chi connectivity index (χ1n) is 13.8. The quantitative estimate of drug-likeness (QED) is 0.402. The SMILES string of the molecule is Cc1ccc(CCC[N+]23CCC(CC2)[C@@H](OC(=O)[C@](C)(c2ccccc2)N2CCCCC2)C3)cn1. The lowest BCUT2D eigenvalue weighted by atomic mass is 9.82. The highest BCUT2D eigenvalue weighted by molar-refractivity contribution is 5.82. The van der Waals surface area contributed by atoms with Crippen molar-refractivity contribution in [1.29, 1.82) is 0 Å². The van der Waals surface area contributed by atoms with Crippen molar-refractivity contribution in [3.8, 4) is 0 Å². The van der Waals surface area contributed by atoms with Gasteiger partial charge < -0.3 is 9.22 Å². The topological polar surface area (TPSA) is 42.4 Å². The van der Waals surface area contributed by atoms with Gasteiger partial charge in [-0.25, -0.2) is 4.79 Å². The molecule has 0 N–H and O–H groups in total. The molecule has 0 saturated carbocycles. The third kappa shape index (κ3) is 5.17. The monoisotopic (exact) mass is 476 g/mol. The lowest BCUT2D eigenvalue weighted by Gasteiger charge is -2.53. The maximum atomic E-state index is 14.0. The number of aryl methyl sites for hydroxylation is 2. The van der Waals surface area contributed by atoms with Crippen LogP contribution in [0, 0.1) is 12.8 Å². The van der Waals surface area contributed by atoms with Crippen molar-refractivity contribution in [2.75, 3.05) is 39.3 Å². The van der Waals surface area contributed by atoms with Gasteiger partial charge in [-0.2, -0.15) is 0 Å². The molecule has 6 rings (SSSR count). The minimum Gasteiger partial charge on any atom is -0.454 e. The van der Waals surface area contributed by atoms with Crippen LogP contribution in [0.5, 0.6) is 0 Å². The van der Waals surface area contributed by atoms with Crippen molar-refractivity contribution in [3.05, 3.63) is 65.5 Å². The van der Waals surface area contributed by atoms with Gasteiger partial charge in [-0.1, -0.05) is 42.8 Å². The molecule has 4 fully saturated rings. The fourth-order valence-electron chi connectivity index (χ4n) is 6.72. The van der Waals surface area contributed by atoms with Crippen molar-refractivity contribution in [1.82, 2.24) is 9.88 Å². The van der Waals surface area contributed by atoms with Gasteiger partial charge in [0.05, 0.1) is 19.6 Å². The van der Waals surface area contributed by atoms with Gasteiger partial charge in [0.1, 0.15) is 12.1 Å². The number of likely N-dealkylation sites (tertiary alicyclic amines) is 1. The maximum Gasteiger partial charge on any atom is 0.331 e. The summed E-state index contributed by atoms with van der Waals surface area (Å²) < 4.78 is 7.61. The Hall–Kier alpha value is -2.24. The predicted octanol–water partition coefficient (Wildman–Crippen LogP) is 4.88. The lowest BCUT2D eigenvalue weighted by Crippen LogP contribution is -2.65. The van der Waals surface area contributed by atoms with Gasteiger partial charge in [0.25, 0.3) is 0 Å². The number of quaternary nitrogens is 1. The Balaban J connectivity index is 1.27. The summed E-state index contributed by atoms with van der Waals surface area (Å²) in [6.45, 7) is 10.7. The molecule has 5 nitrogen and oxygen atoms in total. The Morgan fingerprint density at radius 2 is 1.83 bits per heavy atom. The molecule has 2 bridgehead atoms. The van der Waals surface area contributed by atoms with E-state index in [2.05, 4.69) is 41.1 Å². The van der Waals surface area contributed by atoms with Gasteiger partial charge in [-0.3, -0.25) is 9.88 Å². The molecule has 35 heavy (non-hydrogen) atoms. The van der Waals surface area contributed by atoms with Crippen LogP contribution in [0.3, 0.4) is 0 Å². The highest BCUT2D eigenvalue weighted by Crippen LogP contribution is 2.39. The van der Waals surface area contributed by atoms with E-state index in [1.54, 1.807) is 0 Å². The zero-order valence-electron chi connectivity index (χ0n) is 21.6. The highest BCUT2D eigenvalue weighted by Gasteiger charge is 2.50. The fraction of sp³-hybridized carbons (Fsp3) is 0.600. The minimum absolute atomic E-state index is 0.0406. The van der Waals surface area contributed by atoms with E-state index < -0.39 is 5.54 Å². The third-order valence-corrected chi connectivity index (χ3v) is 9.09. The molecule has 0 radical (unpaired) electrons. The summed E-state index contributed by atoms with van der Waals surface area (Å²) in [6.07, 6.45) is 10.2. The number of piperidine rings is 4. The first-order valence-corrected chi connectivity index (χ1v) is 13.8. The molecular formula is C30H42N3O2+. The molecule has 4 saturated heterocycles. The number of pyridine rings is 1. The molecule has 188 valence electrons. The van der Waals surface area contributed by atoms with E-state index in [1.165, 1.54) is 37.9 Å². The van der Waals surface area contributed by atoms with Crippen molar-refractivity contribution in [3.63, 3.8) is 0 Å². The molecule has 2 aromatic rings. The van der Waals surface area contributed by atoms with Crippen molar-refractivity contribution in [2.24, 2.45) is 5.92 Å².